The molecule has 98 valence electrons. The Kier molecular flexibility index (Phi) is 4.07. The Morgan fingerprint density at radius 2 is 1.67 bits per heavy atom. The van der Waals surface area contributed by atoms with Gasteiger partial charge in [0.15, 0.2) is 0 Å². The predicted octanol–water partition coefficient (Wildman–Crippen LogP) is 3.73. The highest BCUT2D eigenvalue weighted by Crippen LogP contribution is 2.29. The Bertz CT molecular complexity index is 391. The van der Waals surface area contributed by atoms with Gasteiger partial charge in [-0.25, -0.2) is 0 Å². The van der Waals surface area contributed by atoms with Gasteiger partial charge in [-0.05, 0) is 31.5 Å². The third kappa shape index (κ3) is 3.35. The van der Waals surface area contributed by atoms with Crippen LogP contribution in [0.1, 0.15) is 18.4 Å². The van der Waals surface area contributed by atoms with Gasteiger partial charge in [0.25, 0.3) is 0 Å². The fraction of sp³-hybridized carbons (Fsp3) is 0.429. The summed E-state index contributed by atoms with van der Waals surface area (Å²) in [6, 6.07) is 7.62. The minimum absolute atomic E-state index is 0.531. The van der Waals surface area contributed by atoms with E-state index in [9.17, 15) is 13.2 Å². The van der Waals surface area contributed by atoms with Gasteiger partial charge in [-0.15, -0.1) is 0 Å². The van der Waals surface area contributed by atoms with E-state index < -0.39 is 12.2 Å². The van der Waals surface area contributed by atoms with Crippen LogP contribution in [-0.4, -0.2) is 30.2 Å². The van der Waals surface area contributed by atoms with Gasteiger partial charge in [0.2, 0.25) is 0 Å². The van der Waals surface area contributed by atoms with E-state index in [0.29, 0.717) is 13.1 Å². The van der Waals surface area contributed by atoms with Gasteiger partial charge >= 0.3 is 6.18 Å². The molecule has 1 aliphatic rings. The van der Waals surface area contributed by atoms with Crippen LogP contribution in [0.4, 0.5) is 13.2 Å². The van der Waals surface area contributed by atoms with Crippen molar-refractivity contribution in [1.82, 2.24) is 4.90 Å². The maximum absolute atomic E-state index is 13.0. The largest absolute Gasteiger partial charge is 0.407 e. The van der Waals surface area contributed by atoms with Crippen molar-refractivity contribution >= 4 is 6.08 Å². The first-order valence-corrected chi connectivity index (χ1v) is 6.11. The summed E-state index contributed by atoms with van der Waals surface area (Å²) in [5.41, 5.74) is 0.797. The molecule has 1 aliphatic heterocycles. The minimum atomic E-state index is -4.20. The Morgan fingerprint density at radius 3 is 2.22 bits per heavy atom. The first-order chi connectivity index (χ1) is 8.57. The van der Waals surface area contributed by atoms with Crippen LogP contribution in [0, 0.1) is 0 Å². The zero-order chi connectivity index (χ0) is 13.0. The number of hydrogen-bond acceptors (Lipinski definition) is 1. The van der Waals surface area contributed by atoms with Crippen LogP contribution >= 0.6 is 0 Å². The smallest absolute Gasteiger partial charge is 0.289 e. The van der Waals surface area contributed by atoms with E-state index in [2.05, 4.69) is 0 Å². The van der Waals surface area contributed by atoms with Gasteiger partial charge in [0.05, 0.1) is 0 Å². The van der Waals surface area contributed by atoms with E-state index in [-0.39, 0.29) is 0 Å². The second kappa shape index (κ2) is 5.57. The van der Waals surface area contributed by atoms with Crippen molar-refractivity contribution in [3.63, 3.8) is 0 Å². The van der Waals surface area contributed by atoms with Crippen molar-refractivity contribution in [1.29, 1.82) is 0 Å². The molecule has 0 aromatic heterocycles. The molecule has 1 heterocycles. The van der Waals surface area contributed by atoms with Crippen LogP contribution in [0.15, 0.2) is 36.4 Å². The molecule has 0 N–H and O–H groups in total. The fourth-order valence-electron chi connectivity index (χ4n) is 2.22. The average Bonchev–Trinajstić information content (AvgIpc) is 2.82. The molecule has 1 nitrogen and oxygen atoms in total. The lowest BCUT2D eigenvalue weighted by Gasteiger charge is -2.26. The van der Waals surface area contributed by atoms with Crippen molar-refractivity contribution in [3.05, 3.63) is 42.0 Å². The molecule has 1 saturated heterocycles. The Morgan fingerprint density at radius 1 is 1.06 bits per heavy atom. The second-order valence-electron chi connectivity index (χ2n) is 4.50. The molecule has 2 rings (SSSR count). The summed E-state index contributed by atoms with van der Waals surface area (Å²) in [4.78, 5) is 1.50. The number of halogens is 3. The molecule has 18 heavy (non-hydrogen) atoms. The molecule has 0 spiro atoms. The van der Waals surface area contributed by atoms with E-state index in [1.54, 1.807) is 18.2 Å². The number of rotatable bonds is 3. The highest BCUT2D eigenvalue weighted by molar-refractivity contribution is 5.49. The Hall–Kier alpha value is -1.29. The van der Waals surface area contributed by atoms with Crippen molar-refractivity contribution in [2.45, 2.75) is 25.1 Å². The van der Waals surface area contributed by atoms with Gasteiger partial charge in [-0.2, -0.15) is 13.2 Å². The summed E-state index contributed by atoms with van der Waals surface area (Å²) < 4.78 is 38.9. The highest BCUT2D eigenvalue weighted by atomic mass is 19.4. The summed E-state index contributed by atoms with van der Waals surface area (Å²) in [5, 5.41) is 0. The number of hydrogen-bond donors (Lipinski definition) is 0. The lowest BCUT2D eigenvalue weighted by molar-refractivity contribution is -0.167. The van der Waals surface area contributed by atoms with Crippen LogP contribution in [-0.2, 0) is 0 Å². The van der Waals surface area contributed by atoms with Crippen LogP contribution in [0.25, 0.3) is 6.08 Å². The summed E-state index contributed by atoms with van der Waals surface area (Å²) in [7, 11) is 0. The topological polar surface area (TPSA) is 3.24 Å². The first-order valence-electron chi connectivity index (χ1n) is 6.11. The fourth-order valence-corrected chi connectivity index (χ4v) is 2.22. The molecule has 0 radical (unpaired) electrons. The van der Waals surface area contributed by atoms with Crippen LogP contribution in [0.3, 0.4) is 0 Å². The zero-order valence-corrected chi connectivity index (χ0v) is 10.0. The molecular weight excluding hydrogens is 239 g/mol. The second-order valence-corrected chi connectivity index (χ2v) is 4.50. The quantitative estimate of drug-likeness (QED) is 0.795. The molecule has 1 fully saturated rings. The molecule has 1 atom stereocenters. The molecule has 1 unspecified atom stereocenters. The molecule has 0 bridgehead atoms. The van der Waals surface area contributed by atoms with Gasteiger partial charge in [-0.3, -0.25) is 4.90 Å². The monoisotopic (exact) mass is 255 g/mol. The molecule has 1 aromatic carbocycles. The van der Waals surface area contributed by atoms with Crippen molar-refractivity contribution in [2.75, 3.05) is 13.1 Å². The summed E-state index contributed by atoms with van der Waals surface area (Å²) >= 11 is 0. The zero-order valence-electron chi connectivity index (χ0n) is 10.0. The lowest BCUT2D eigenvalue weighted by atomic mass is 10.1. The molecular formula is C14H16F3N. The third-order valence-electron chi connectivity index (χ3n) is 3.14. The molecule has 0 saturated carbocycles. The van der Waals surface area contributed by atoms with E-state index in [1.807, 2.05) is 18.2 Å². The maximum atomic E-state index is 13.0. The Labute approximate surface area is 105 Å². The molecule has 4 heteroatoms. The van der Waals surface area contributed by atoms with Crippen molar-refractivity contribution in [3.8, 4) is 0 Å². The normalized spacial score (nSPS) is 19.5. The van der Waals surface area contributed by atoms with E-state index in [1.165, 1.54) is 11.0 Å². The molecule has 0 amide bonds. The number of nitrogens with zero attached hydrogens (tertiary/aromatic N) is 1. The summed E-state index contributed by atoms with van der Waals surface area (Å²) in [6.07, 6.45) is 0.324. The van der Waals surface area contributed by atoms with Gasteiger partial charge in [0, 0.05) is 0 Å². The average molecular weight is 255 g/mol. The number of alkyl halides is 3. The van der Waals surface area contributed by atoms with E-state index in [4.69, 9.17) is 0 Å². The standard InChI is InChI=1S/C14H16F3N/c15-14(16,17)13(18-10-4-5-11-18)9-8-12-6-2-1-3-7-12/h1-3,6-9,13H,4-5,10-11H2/b9-8+. The SMILES string of the molecule is FC(F)(F)C(/C=C/c1ccccc1)N1CCCC1. The predicted molar refractivity (Wildman–Crippen MR) is 66.1 cm³/mol. The van der Waals surface area contributed by atoms with E-state index in [0.717, 1.165) is 18.4 Å². The first kappa shape index (κ1) is 13.1. The number of likely N-dealkylation sites (tertiary alicyclic amines) is 1. The van der Waals surface area contributed by atoms with Gasteiger partial charge in [-0.1, -0.05) is 42.5 Å². The Balaban J connectivity index is 2.12. The third-order valence-corrected chi connectivity index (χ3v) is 3.14. The molecule has 1 aromatic rings. The maximum Gasteiger partial charge on any atom is 0.407 e. The van der Waals surface area contributed by atoms with Crippen molar-refractivity contribution in [2.24, 2.45) is 0 Å². The minimum Gasteiger partial charge on any atom is -0.289 e. The highest BCUT2D eigenvalue weighted by Gasteiger charge is 2.42. The van der Waals surface area contributed by atoms with Crippen LogP contribution in [0.5, 0.6) is 0 Å². The van der Waals surface area contributed by atoms with Gasteiger partial charge in [0.1, 0.15) is 6.04 Å². The summed E-state index contributed by atoms with van der Waals surface area (Å²) in [6.45, 7) is 1.06. The molecule has 0 aliphatic carbocycles. The van der Waals surface area contributed by atoms with Crippen molar-refractivity contribution < 1.29 is 13.2 Å². The number of benzene rings is 1. The lowest BCUT2D eigenvalue weighted by Crippen LogP contribution is -2.42. The van der Waals surface area contributed by atoms with Crippen LogP contribution in [0.2, 0.25) is 0 Å². The van der Waals surface area contributed by atoms with Crippen LogP contribution < -0.4 is 0 Å². The van der Waals surface area contributed by atoms with Gasteiger partial charge < -0.3 is 0 Å². The van der Waals surface area contributed by atoms with E-state index >= 15 is 0 Å². The summed E-state index contributed by atoms with van der Waals surface area (Å²) in [5.74, 6) is 0.